The smallest absolute Gasteiger partial charge is 0.269 e. The van der Waals surface area contributed by atoms with Gasteiger partial charge in [0.2, 0.25) is 0 Å². The average molecular weight is 236 g/mol. The van der Waals surface area contributed by atoms with E-state index in [0.29, 0.717) is 13.1 Å². The van der Waals surface area contributed by atoms with E-state index in [2.05, 4.69) is 4.90 Å². The number of hydrogen-bond acceptors (Lipinski definition) is 4. The Balaban J connectivity index is 1.91. The number of nitro benzene ring substituents is 1. The molecule has 0 aromatic heterocycles. The number of nitro groups is 1. The zero-order valence-corrected chi connectivity index (χ0v) is 9.80. The average Bonchev–Trinajstić information content (AvgIpc) is 2.27. The Morgan fingerprint density at radius 2 is 2.00 bits per heavy atom. The number of likely N-dealkylation sites (tertiary alicyclic amines) is 1. The number of non-ortho nitro benzene ring substituents is 1. The molecule has 17 heavy (non-hydrogen) atoms. The van der Waals surface area contributed by atoms with Crippen molar-refractivity contribution in [1.82, 2.24) is 4.90 Å². The first-order valence-corrected chi connectivity index (χ1v) is 5.70. The van der Waals surface area contributed by atoms with Gasteiger partial charge in [-0.25, -0.2) is 0 Å². The van der Waals surface area contributed by atoms with E-state index in [9.17, 15) is 15.2 Å². The van der Waals surface area contributed by atoms with Gasteiger partial charge in [0.15, 0.2) is 0 Å². The molecule has 0 spiro atoms. The van der Waals surface area contributed by atoms with Crippen molar-refractivity contribution in [3.63, 3.8) is 0 Å². The maximum absolute atomic E-state index is 10.5. The summed E-state index contributed by atoms with van der Waals surface area (Å²) in [5.41, 5.74) is 0.622. The highest BCUT2D eigenvalue weighted by Gasteiger charge is 2.38. The second kappa shape index (κ2) is 4.43. The van der Waals surface area contributed by atoms with Crippen LogP contribution in [-0.2, 0) is 6.54 Å². The number of aliphatic hydroxyl groups is 1. The molecular weight excluding hydrogens is 220 g/mol. The van der Waals surface area contributed by atoms with Gasteiger partial charge in [-0.15, -0.1) is 0 Å². The molecule has 92 valence electrons. The summed E-state index contributed by atoms with van der Waals surface area (Å²) in [5, 5.41) is 20.3. The van der Waals surface area contributed by atoms with Crippen LogP contribution in [-0.4, -0.2) is 33.6 Å². The molecule has 5 nitrogen and oxygen atoms in total. The van der Waals surface area contributed by atoms with Crippen LogP contribution >= 0.6 is 0 Å². The van der Waals surface area contributed by atoms with Crippen LogP contribution in [0.5, 0.6) is 0 Å². The van der Waals surface area contributed by atoms with E-state index in [1.54, 1.807) is 12.1 Å². The van der Waals surface area contributed by atoms with Crippen LogP contribution in [0.25, 0.3) is 0 Å². The normalized spacial score (nSPS) is 18.7. The molecule has 1 fully saturated rings. The number of nitrogens with zero attached hydrogens (tertiary/aromatic N) is 2. The van der Waals surface area contributed by atoms with Crippen LogP contribution in [0.1, 0.15) is 18.9 Å². The summed E-state index contributed by atoms with van der Waals surface area (Å²) in [6.07, 6.45) is 0.768. The number of hydrogen-bond donors (Lipinski definition) is 1. The highest BCUT2D eigenvalue weighted by Crippen LogP contribution is 2.26. The van der Waals surface area contributed by atoms with Gasteiger partial charge < -0.3 is 5.11 Å². The fourth-order valence-corrected chi connectivity index (χ4v) is 2.10. The van der Waals surface area contributed by atoms with Gasteiger partial charge in [0.05, 0.1) is 10.5 Å². The van der Waals surface area contributed by atoms with Gasteiger partial charge in [-0.3, -0.25) is 15.0 Å². The second-order valence-electron chi connectivity index (χ2n) is 4.65. The maximum atomic E-state index is 10.5. The van der Waals surface area contributed by atoms with Gasteiger partial charge in [-0.1, -0.05) is 19.1 Å². The topological polar surface area (TPSA) is 66.6 Å². The lowest BCUT2D eigenvalue weighted by atomic mass is 9.91. The van der Waals surface area contributed by atoms with Crippen molar-refractivity contribution in [3.05, 3.63) is 39.9 Å². The molecule has 0 aliphatic carbocycles. The molecule has 0 bridgehead atoms. The minimum atomic E-state index is -0.527. The summed E-state index contributed by atoms with van der Waals surface area (Å²) >= 11 is 0. The highest BCUT2D eigenvalue weighted by molar-refractivity contribution is 5.32. The van der Waals surface area contributed by atoms with E-state index in [-0.39, 0.29) is 5.69 Å². The quantitative estimate of drug-likeness (QED) is 0.636. The van der Waals surface area contributed by atoms with Crippen LogP contribution in [0.3, 0.4) is 0 Å². The Kier molecular flexibility index (Phi) is 3.13. The Labute approximate surface area is 99.8 Å². The first kappa shape index (κ1) is 12.0. The molecule has 0 unspecified atom stereocenters. The minimum Gasteiger partial charge on any atom is -0.387 e. The molecule has 1 aromatic rings. The summed E-state index contributed by atoms with van der Waals surface area (Å²) in [6.45, 7) is 4.07. The first-order valence-electron chi connectivity index (χ1n) is 5.70. The summed E-state index contributed by atoms with van der Waals surface area (Å²) < 4.78 is 0. The number of rotatable bonds is 4. The minimum absolute atomic E-state index is 0.113. The zero-order chi connectivity index (χ0) is 12.5. The Hall–Kier alpha value is -1.46. The Bertz CT molecular complexity index is 410. The number of β-amino-alcohol motifs (C(OH)–C–C–N with tert-alkyl or cyclic N) is 1. The van der Waals surface area contributed by atoms with Gasteiger partial charge in [0.1, 0.15) is 0 Å². The van der Waals surface area contributed by atoms with Crippen LogP contribution in [0.15, 0.2) is 24.3 Å². The van der Waals surface area contributed by atoms with Gasteiger partial charge in [0, 0.05) is 31.8 Å². The summed E-state index contributed by atoms with van der Waals surface area (Å²) in [4.78, 5) is 12.2. The first-order chi connectivity index (χ1) is 8.02. The second-order valence-corrected chi connectivity index (χ2v) is 4.65. The van der Waals surface area contributed by atoms with E-state index in [1.165, 1.54) is 12.1 Å². The SMILES string of the molecule is CCC1(O)CN(Cc2ccc([N+](=O)[O-])cc2)C1. The molecule has 1 aliphatic rings. The van der Waals surface area contributed by atoms with Crippen molar-refractivity contribution in [2.75, 3.05) is 13.1 Å². The third-order valence-electron chi connectivity index (χ3n) is 3.25. The monoisotopic (exact) mass is 236 g/mol. The Morgan fingerprint density at radius 3 is 2.47 bits per heavy atom. The molecule has 1 heterocycles. The third-order valence-corrected chi connectivity index (χ3v) is 3.25. The molecule has 1 N–H and O–H groups in total. The van der Waals surface area contributed by atoms with Crippen molar-refractivity contribution in [1.29, 1.82) is 0 Å². The molecule has 2 rings (SSSR count). The van der Waals surface area contributed by atoms with E-state index >= 15 is 0 Å². The predicted molar refractivity (Wildman–Crippen MR) is 63.6 cm³/mol. The molecule has 1 saturated heterocycles. The van der Waals surface area contributed by atoms with Crippen molar-refractivity contribution in [2.24, 2.45) is 0 Å². The van der Waals surface area contributed by atoms with Crippen LogP contribution in [0.4, 0.5) is 5.69 Å². The highest BCUT2D eigenvalue weighted by atomic mass is 16.6. The summed E-state index contributed by atoms with van der Waals surface area (Å²) in [6, 6.07) is 6.56. The zero-order valence-electron chi connectivity index (χ0n) is 9.80. The molecule has 0 atom stereocenters. The van der Waals surface area contributed by atoms with Crippen LogP contribution in [0, 0.1) is 10.1 Å². The Morgan fingerprint density at radius 1 is 1.41 bits per heavy atom. The fraction of sp³-hybridized carbons (Fsp3) is 0.500. The van der Waals surface area contributed by atoms with Crippen molar-refractivity contribution in [3.8, 4) is 0 Å². The fourth-order valence-electron chi connectivity index (χ4n) is 2.10. The van der Waals surface area contributed by atoms with Gasteiger partial charge >= 0.3 is 0 Å². The van der Waals surface area contributed by atoms with E-state index in [4.69, 9.17) is 0 Å². The van der Waals surface area contributed by atoms with E-state index in [0.717, 1.165) is 18.5 Å². The molecule has 0 radical (unpaired) electrons. The number of benzene rings is 1. The lowest BCUT2D eigenvalue weighted by molar-refractivity contribution is -0.384. The van der Waals surface area contributed by atoms with E-state index in [1.807, 2.05) is 6.92 Å². The molecule has 5 heteroatoms. The molecule has 1 aromatic carbocycles. The standard InChI is InChI=1S/C12H16N2O3/c1-2-12(15)8-13(9-12)7-10-3-5-11(6-4-10)14(16)17/h3-6,15H,2,7-9H2,1H3. The van der Waals surface area contributed by atoms with Gasteiger partial charge in [-0.05, 0) is 12.0 Å². The van der Waals surface area contributed by atoms with Crippen molar-refractivity contribution >= 4 is 5.69 Å². The molecular formula is C12H16N2O3. The van der Waals surface area contributed by atoms with Crippen LogP contribution < -0.4 is 0 Å². The maximum Gasteiger partial charge on any atom is 0.269 e. The lowest BCUT2D eigenvalue weighted by Gasteiger charge is -2.46. The predicted octanol–water partition coefficient (Wildman–Crippen LogP) is 1.55. The molecule has 1 aliphatic heterocycles. The summed E-state index contributed by atoms with van der Waals surface area (Å²) in [5.74, 6) is 0. The largest absolute Gasteiger partial charge is 0.387 e. The molecule has 0 amide bonds. The lowest BCUT2D eigenvalue weighted by Crippen LogP contribution is -2.60. The van der Waals surface area contributed by atoms with Crippen molar-refractivity contribution in [2.45, 2.75) is 25.5 Å². The van der Waals surface area contributed by atoms with Crippen molar-refractivity contribution < 1.29 is 10.0 Å². The van der Waals surface area contributed by atoms with Gasteiger partial charge in [0.25, 0.3) is 5.69 Å². The third kappa shape index (κ3) is 2.62. The summed E-state index contributed by atoms with van der Waals surface area (Å²) in [7, 11) is 0. The molecule has 0 saturated carbocycles. The van der Waals surface area contributed by atoms with Gasteiger partial charge in [-0.2, -0.15) is 0 Å². The van der Waals surface area contributed by atoms with E-state index < -0.39 is 10.5 Å². The van der Waals surface area contributed by atoms with Crippen LogP contribution in [0.2, 0.25) is 0 Å².